The molecule has 4 aromatic rings. The Morgan fingerprint density at radius 2 is 2.00 bits per heavy atom. The number of aromatic nitrogens is 4. The van der Waals surface area contributed by atoms with E-state index in [0.29, 0.717) is 17.2 Å². The summed E-state index contributed by atoms with van der Waals surface area (Å²) < 4.78 is 15.1. The second-order valence-corrected chi connectivity index (χ2v) is 8.80. The number of hydrogen-bond donors (Lipinski definition) is 2. The third-order valence-corrected chi connectivity index (χ3v) is 6.39. The maximum Gasteiger partial charge on any atom is 0.231 e. The van der Waals surface area contributed by atoms with Crippen LogP contribution in [-0.2, 0) is 4.79 Å². The van der Waals surface area contributed by atoms with Crippen LogP contribution >= 0.6 is 0 Å². The van der Waals surface area contributed by atoms with Gasteiger partial charge in [0.05, 0.1) is 17.1 Å². The monoisotopic (exact) mass is 444 g/mol. The fraction of sp³-hybridized carbons (Fsp3) is 0.292. The number of halogens is 1. The Morgan fingerprint density at radius 1 is 1.18 bits per heavy atom. The first-order valence-electron chi connectivity index (χ1n) is 10.9. The molecule has 2 atom stereocenters. The van der Waals surface area contributed by atoms with E-state index >= 15 is 0 Å². The molecule has 6 rings (SSSR count). The van der Waals surface area contributed by atoms with Gasteiger partial charge < -0.3 is 10.5 Å². The zero-order valence-corrected chi connectivity index (χ0v) is 17.9. The molecular formula is C24H21FN6O2. The average molecular weight is 444 g/mol. The molecule has 0 aliphatic heterocycles. The Morgan fingerprint density at radius 3 is 2.70 bits per heavy atom. The third-order valence-electron chi connectivity index (χ3n) is 6.39. The summed E-state index contributed by atoms with van der Waals surface area (Å²) in [6, 6.07) is 5.72. The average Bonchev–Trinajstić information content (AvgIpc) is 3.72. The van der Waals surface area contributed by atoms with Gasteiger partial charge in [-0.05, 0) is 43.9 Å². The van der Waals surface area contributed by atoms with Crippen LogP contribution in [0.1, 0.15) is 30.5 Å². The van der Waals surface area contributed by atoms with Gasteiger partial charge in [0.25, 0.3) is 0 Å². The predicted octanol–water partition coefficient (Wildman–Crippen LogP) is 4.14. The molecule has 4 heterocycles. The molecule has 0 spiro atoms. The van der Waals surface area contributed by atoms with Crippen molar-refractivity contribution in [2.75, 3.05) is 5.32 Å². The van der Waals surface area contributed by atoms with Crippen LogP contribution in [0.5, 0.6) is 0 Å². The number of imidazole rings is 1. The SMILES string of the molecule is Cc1cc(/C(=N\O)C2CC2)ncc1-c1cc2cnc(NC(=O)[C@H]3C[C@H]3F)cc2n2ccnc12. The standard InChI is InChI=1S/C24H21FN6O2/c1-12-6-19(22(30-33)13-2-3-13)27-11-17(12)15-7-14-10-28-21(29-24(32)16-8-18(16)25)9-20(14)31-5-4-26-23(15)31/h4-7,9-11,13,16,18,33H,2-3,8H2,1H3,(H,28,29,32)/b30-22-/t16-,18+/m0/s1. The van der Waals surface area contributed by atoms with E-state index in [1.807, 2.05) is 29.7 Å². The summed E-state index contributed by atoms with van der Waals surface area (Å²) in [5, 5.41) is 16.5. The number of carbonyl (C=O) groups is 1. The molecule has 2 aliphatic rings. The molecule has 0 aromatic carbocycles. The van der Waals surface area contributed by atoms with Gasteiger partial charge in [-0.3, -0.25) is 14.2 Å². The molecule has 2 N–H and O–H groups in total. The van der Waals surface area contributed by atoms with E-state index in [1.54, 1.807) is 24.7 Å². The van der Waals surface area contributed by atoms with E-state index in [-0.39, 0.29) is 18.2 Å². The zero-order chi connectivity index (χ0) is 22.7. The number of carbonyl (C=O) groups excluding carboxylic acids is 1. The summed E-state index contributed by atoms with van der Waals surface area (Å²) in [5.74, 6) is -0.254. The van der Waals surface area contributed by atoms with Crippen LogP contribution in [0.25, 0.3) is 27.7 Å². The van der Waals surface area contributed by atoms with Gasteiger partial charge in [-0.15, -0.1) is 0 Å². The lowest BCUT2D eigenvalue weighted by Gasteiger charge is -2.13. The third kappa shape index (κ3) is 3.40. The van der Waals surface area contributed by atoms with Crippen molar-refractivity contribution in [1.82, 2.24) is 19.4 Å². The molecule has 1 amide bonds. The number of oxime groups is 1. The normalized spacial score (nSPS) is 20.4. The molecule has 2 saturated carbocycles. The van der Waals surface area contributed by atoms with E-state index < -0.39 is 12.1 Å². The fourth-order valence-corrected chi connectivity index (χ4v) is 4.29. The van der Waals surface area contributed by atoms with Gasteiger partial charge in [-0.25, -0.2) is 14.4 Å². The molecule has 4 aromatic heterocycles. The predicted molar refractivity (Wildman–Crippen MR) is 121 cm³/mol. The van der Waals surface area contributed by atoms with Crippen LogP contribution in [0.2, 0.25) is 0 Å². The highest BCUT2D eigenvalue weighted by molar-refractivity contribution is 6.02. The minimum atomic E-state index is -1.05. The van der Waals surface area contributed by atoms with Crippen LogP contribution in [0, 0.1) is 18.8 Å². The van der Waals surface area contributed by atoms with Crippen molar-refractivity contribution in [2.45, 2.75) is 32.4 Å². The van der Waals surface area contributed by atoms with Crippen LogP contribution in [0.3, 0.4) is 0 Å². The topological polar surface area (TPSA) is 105 Å². The number of aryl methyl sites for hydroxylation is 1. The number of rotatable bonds is 5. The van der Waals surface area contributed by atoms with Crippen molar-refractivity contribution in [1.29, 1.82) is 0 Å². The maximum atomic E-state index is 13.2. The van der Waals surface area contributed by atoms with Crippen molar-refractivity contribution in [2.24, 2.45) is 17.0 Å². The molecule has 2 fully saturated rings. The van der Waals surface area contributed by atoms with Gasteiger partial charge >= 0.3 is 0 Å². The lowest BCUT2D eigenvalue weighted by atomic mass is 10.0. The molecule has 0 saturated heterocycles. The molecule has 8 nitrogen and oxygen atoms in total. The zero-order valence-electron chi connectivity index (χ0n) is 17.9. The Balaban J connectivity index is 1.41. The summed E-state index contributed by atoms with van der Waals surface area (Å²) >= 11 is 0. The quantitative estimate of drug-likeness (QED) is 0.274. The first kappa shape index (κ1) is 19.8. The Bertz CT molecular complexity index is 1460. The summed E-state index contributed by atoms with van der Waals surface area (Å²) in [5.41, 5.74) is 5.71. The van der Waals surface area contributed by atoms with Crippen LogP contribution < -0.4 is 5.32 Å². The minimum absolute atomic E-state index is 0.271. The van der Waals surface area contributed by atoms with E-state index in [1.165, 1.54) is 0 Å². The molecule has 0 bridgehead atoms. The molecular weight excluding hydrogens is 423 g/mol. The van der Waals surface area contributed by atoms with Crippen LogP contribution in [0.15, 0.2) is 48.1 Å². The van der Waals surface area contributed by atoms with Crippen LogP contribution in [0.4, 0.5) is 10.2 Å². The molecule has 0 unspecified atom stereocenters. The Hall–Kier alpha value is -3.88. The number of nitrogens with zero attached hydrogens (tertiary/aromatic N) is 5. The van der Waals surface area contributed by atoms with Gasteiger partial charge in [0, 0.05) is 53.3 Å². The van der Waals surface area contributed by atoms with Gasteiger partial charge in [0.15, 0.2) is 0 Å². The fourth-order valence-electron chi connectivity index (χ4n) is 4.29. The molecule has 2 aliphatic carbocycles. The number of pyridine rings is 3. The van der Waals surface area contributed by atoms with Gasteiger partial charge in [-0.1, -0.05) is 5.16 Å². The number of fused-ring (bicyclic) bond motifs is 3. The number of anilines is 1. The lowest BCUT2D eigenvalue weighted by molar-refractivity contribution is -0.117. The van der Waals surface area contributed by atoms with Gasteiger partial charge in [0.2, 0.25) is 5.91 Å². The van der Waals surface area contributed by atoms with Crippen molar-refractivity contribution >= 4 is 34.0 Å². The molecule has 166 valence electrons. The number of hydrogen-bond acceptors (Lipinski definition) is 6. The van der Waals surface area contributed by atoms with Crippen molar-refractivity contribution in [3.63, 3.8) is 0 Å². The lowest BCUT2D eigenvalue weighted by Crippen LogP contribution is -2.16. The van der Waals surface area contributed by atoms with E-state index in [9.17, 15) is 14.4 Å². The molecule has 0 radical (unpaired) electrons. The van der Waals surface area contributed by atoms with Crippen molar-refractivity contribution in [3.05, 3.63) is 54.2 Å². The summed E-state index contributed by atoms with van der Waals surface area (Å²) in [6.07, 6.45) is 8.31. The van der Waals surface area contributed by atoms with Crippen molar-refractivity contribution < 1.29 is 14.4 Å². The first-order chi connectivity index (χ1) is 16.0. The second-order valence-electron chi connectivity index (χ2n) is 8.80. The van der Waals surface area contributed by atoms with Crippen LogP contribution in [-0.4, -0.2) is 42.4 Å². The van der Waals surface area contributed by atoms with Gasteiger partial charge in [0.1, 0.15) is 23.3 Å². The summed E-state index contributed by atoms with van der Waals surface area (Å²) in [7, 11) is 0. The Labute approximate surface area is 188 Å². The number of alkyl halides is 1. The van der Waals surface area contributed by atoms with Crippen molar-refractivity contribution in [3.8, 4) is 11.1 Å². The maximum absolute atomic E-state index is 13.2. The largest absolute Gasteiger partial charge is 0.411 e. The van der Waals surface area contributed by atoms with E-state index in [4.69, 9.17) is 0 Å². The highest BCUT2D eigenvalue weighted by Gasteiger charge is 2.43. The molecule has 9 heteroatoms. The highest BCUT2D eigenvalue weighted by atomic mass is 19.1. The number of nitrogens with one attached hydrogen (secondary N) is 1. The number of amides is 1. The smallest absolute Gasteiger partial charge is 0.231 e. The molecule has 33 heavy (non-hydrogen) atoms. The summed E-state index contributed by atoms with van der Waals surface area (Å²) in [6.45, 7) is 2.00. The summed E-state index contributed by atoms with van der Waals surface area (Å²) in [4.78, 5) is 25.6. The first-order valence-corrected chi connectivity index (χ1v) is 10.9. The highest BCUT2D eigenvalue weighted by Crippen LogP contribution is 2.36. The Kier molecular flexibility index (Phi) is 4.39. The van der Waals surface area contributed by atoms with Gasteiger partial charge in [-0.2, -0.15) is 0 Å². The minimum Gasteiger partial charge on any atom is -0.411 e. The second kappa shape index (κ2) is 7.33. The van der Waals surface area contributed by atoms with E-state index in [2.05, 4.69) is 25.4 Å². The van der Waals surface area contributed by atoms with E-state index in [0.717, 1.165) is 46.1 Å².